The highest BCUT2D eigenvalue weighted by Crippen LogP contribution is 2.37. The Balaban J connectivity index is 0.000000273. The molecule has 3 nitrogen and oxygen atoms in total. The summed E-state index contributed by atoms with van der Waals surface area (Å²) in [6.07, 6.45) is 13.8. The Morgan fingerprint density at radius 3 is 1.72 bits per heavy atom. The Labute approximate surface area is 339 Å². The molecule has 9 rings (SSSR count). The maximum Gasteiger partial charge on any atom is 0.0701 e. The summed E-state index contributed by atoms with van der Waals surface area (Å²) in [6, 6.07) is 53.8. The average molecular weight is 746 g/mol. The van der Waals surface area contributed by atoms with Crippen molar-refractivity contribution in [3.8, 4) is 22.6 Å². The van der Waals surface area contributed by atoms with Crippen molar-refractivity contribution < 1.29 is 0 Å². The van der Waals surface area contributed by atoms with Crippen LogP contribution in [0, 0.1) is 13.8 Å². The van der Waals surface area contributed by atoms with E-state index in [4.69, 9.17) is 0 Å². The molecule has 0 N–H and O–H groups in total. The van der Waals surface area contributed by atoms with E-state index in [2.05, 4.69) is 174 Å². The highest BCUT2D eigenvalue weighted by Gasteiger charge is 2.15. The molecule has 0 aliphatic heterocycles. The van der Waals surface area contributed by atoms with Crippen molar-refractivity contribution in [1.82, 2.24) is 14.1 Å². The molecule has 0 atom stereocenters. The van der Waals surface area contributed by atoms with Gasteiger partial charge in [0.2, 0.25) is 0 Å². The molecule has 286 valence electrons. The Hall–Kier alpha value is -6.71. The van der Waals surface area contributed by atoms with Gasteiger partial charge in [0.05, 0.1) is 22.2 Å². The molecule has 3 heteroatoms. The molecule has 0 saturated carbocycles. The number of hydrogen-bond donors (Lipinski definition) is 0. The molecule has 0 fully saturated rings. The number of hydrogen-bond acceptors (Lipinski definition) is 1. The summed E-state index contributed by atoms with van der Waals surface area (Å²) in [5, 5.41) is 6.32. The van der Waals surface area contributed by atoms with Crippen molar-refractivity contribution in [2.24, 2.45) is 0 Å². The fraction of sp³-hybridized carbons (Fsp3) is 0.130. The summed E-state index contributed by atoms with van der Waals surface area (Å²) in [4.78, 5) is 4.49. The first-order valence-corrected chi connectivity index (χ1v) is 19.9. The van der Waals surface area contributed by atoms with Crippen molar-refractivity contribution in [2.45, 2.75) is 48.5 Å². The third kappa shape index (κ3) is 9.76. The van der Waals surface area contributed by atoms with Crippen molar-refractivity contribution in [1.29, 1.82) is 0 Å². The molecule has 57 heavy (non-hydrogen) atoms. The van der Waals surface area contributed by atoms with E-state index < -0.39 is 0 Å². The molecule has 0 unspecified atom stereocenters. The minimum atomic E-state index is 0.986. The predicted molar refractivity (Wildman–Crippen MR) is 251 cm³/mol. The number of para-hydroxylation sites is 2. The van der Waals surface area contributed by atoms with Gasteiger partial charge in [-0.3, -0.25) is 4.98 Å². The van der Waals surface area contributed by atoms with Crippen LogP contribution in [0.15, 0.2) is 201 Å². The van der Waals surface area contributed by atoms with Crippen LogP contribution in [0.1, 0.15) is 45.7 Å². The van der Waals surface area contributed by atoms with Gasteiger partial charge >= 0.3 is 0 Å². The molecule has 0 aliphatic rings. The maximum absolute atomic E-state index is 4.49. The third-order valence-corrected chi connectivity index (χ3v) is 9.52. The van der Waals surface area contributed by atoms with Crippen molar-refractivity contribution in [2.75, 3.05) is 0 Å². The monoisotopic (exact) mass is 745 g/mol. The average Bonchev–Trinajstić information content (AvgIpc) is 3.85. The summed E-state index contributed by atoms with van der Waals surface area (Å²) in [6.45, 7) is 17.5. The fourth-order valence-corrected chi connectivity index (χ4v) is 6.71. The number of benzene rings is 6. The minimum Gasteiger partial charge on any atom is -0.317 e. The Morgan fingerprint density at radius 2 is 1.11 bits per heavy atom. The van der Waals surface area contributed by atoms with Crippen LogP contribution in [0.2, 0.25) is 0 Å². The van der Waals surface area contributed by atoms with E-state index in [1.54, 1.807) is 6.08 Å². The number of pyridine rings is 1. The first-order valence-electron chi connectivity index (χ1n) is 19.9. The van der Waals surface area contributed by atoms with Gasteiger partial charge in [0.15, 0.2) is 0 Å². The lowest BCUT2D eigenvalue weighted by molar-refractivity contribution is 1.13. The largest absolute Gasteiger partial charge is 0.317 e. The van der Waals surface area contributed by atoms with Gasteiger partial charge in [-0.15, -0.1) is 6.58 Å². The van der Waals surface area contributed by atoms with Crippen LogP contribution >= 0.6 is 0 Å². The zero-order valence-corrected chi connectivity index (χ0v) is 34.5. The summed E-state index contributed by atoms with van der Waals surface area (Å²) >= 11 is 0. The number of nitrogens with zero attached hydrogens (tertiary/aromatic N) is 3. The van der Waals surface area contributed by atoms with E-state index in [1.165, 1.54) is 60.3 Å². The Kier molecular flexibility index (Phi) is 15.1. The van der Waals surface area contributed by atoms with E-state index >= 15 is 0 Å². The molecular formula is C54H55N3. The number of aryl methyl sites for hydroxylation is 2. The SMILES string of the molecule is C/C=C\C=C/C.C=CC.CC.Cc1ccccc1C.c1ccc(-n2c3ccccc3c3cc4ccc5c(ccn5-c5ccc(-c6ccccn6)cc5)c4cc32)cc1. The predicted octanol–water partition coefficient (Wildman–Crippen LogP) is 15.6. The normalized spacial score (nSPS) is 10.6. The van der Waals surface area contributed by atoms with Crippen molar-refractivity contribution in [3.63, 3.8) is 0 Å². The lowest BCUT2D eigenvalue weighted by atomic mass is 10.0. The molecule has 0 spiro atoms. The van der Waals surface area contributed by atoms with Crippen LogP contribution in [0.25, 0.3) is 66.1 Å². The van der Waals surface area contributed by atoms with Crippen LogP contribution in [0.3, 0.4) is 0 Å². The topological polar surface area (TPSA) is 22.8 Å². The molecular weight excluding hydrogens is 691 g/mol. The number of fused-ring (bicyclic) bond motifs is 6. The van der Waals surface area contributed by atoms with E-state index in [0.717, 1.165) is 16.9 Å². The maximum atomic E-state index is 4.49. The highest BCUT2D eigenvalue weighted by atomic mass is 15.0. The standard InChI is InChI=1S/C35H23N3.C8H10.C6H10.C3H6.C2H6/c1-2-8-27(9-3-1)38-34-12-5-4-10-28(34)31-22-25-15-18-33-29(30(25)23-35(31)38)19-21-37(33)26-16-13-24(14-17-26)32-11-6-7-20-36-32;1-7-5-3-4-6-8(7)2;1-3-5-6-4-2;1-3-2;1-2/h1-23H;3-6H,1-2H3;3-6H,1-2H3;3H,1H2,2H3;1-2H3/b;;5-3-,6-4-;;. The lowest BCUT2D eigenvalue weighted by Gasteiger charge is -2.10. The first-order chi connectivity index (χ1) is 28.0. The Morgan fingerprint density at radius 1 is 0.509 bits per heavy atom. The minimum absolute atomic E-state index is 0.986. The molecule has 3 heterocycles. The Bertz CT molecular complexity index is 2660. The molecule has 3 aromatic heterocycles. The summed E-state index contributed by atoms with van der Waals surface area (Å²) in [5.74, 6) is 0. The van der Waals surface area contributed by atoms with E-state index in [0.29, 0.717) is 0 Å². The van der Waals surface area contributed by atoms with Gasteiger partial charge in [0.1, 0.15) is 0 Å². The highest BCUT2D eigenvalue weighted by molar-refractivity contribution is 6.18. The molecule has 0 aliphatic carbocycles. The number of aromatic nitrogens is 3. The summed E-state index contributed by atoms with van der Waals surface area (Å²) < 4.78 is 4.66. The molecule has 6 aromatic carbocycles. The van der Waals surface area contributed by atoms with Gasteiger partial charge in [-0.1, -0.05) is 129 Å². The van der Waals surface area contributed by atoms with Gasteiger partial charge in [-0.05, 0) is 123 Å². The number of allylic oxidation sites excluding steroid dienone is 5. The molecule has 0 amide bonds. The van der Waals surface area contributed by atoms with Crippen LogP contribution in [0.5, 0.6) is 0 Å². The third-order valence-electron chi connectivity index (χ3n) is 9.52. The molecule has 0 bridgehead atoms. The van der Waals surface area contributed by atoms with E-state index in [9.17, 15) is 0 Å². The second-order valence-corrected chi connectivity index (χ2v) is 13.3. The van der Waals surface area contributed by atoms with Crippen molar-refractivity contribution >= 4 is 43.5 Å². The fourth-order valence-electron chi connectivity index (χ4n) is 6.71. The zero-order chi connectivity index (χ0) is 40.6. The molecule has 0 saturated heterocycles. The van der Waals surface area contributed by atoms with E-state index in [-0.39, 0.29) is 0 Å². The molecule has 0 radical (unpaired) electrons. The lowest BCUT2D eigenvalue weighted by Crippen LogP contribution is -1.93. The number of rotatable bonds is 4. The van der Waals surface area contributed by atoms with Crippen LogP contribution < -0.4 is 0 Å². The summed E-state index contributed by atoms with van der Waals surface area (Å²) in [5.41, 5.74) is 10.8. The van der Waals surface area contributed by atoms with Crippen LogP contribution in [0.4, 0.5) is 0 Å². The molecule has 9 aromatic rings. The second kappa shape index (κ2) is 20.8. The zero-order valence-electron chi connectivity index (χ0n) is 34.5. The van der Waals surface area contributed by atoms with Crippen LogP contribution in [-0.4, -0.2) is 14.1 Å². The van der Waals surface area contributed by atoms with Crippen LogP contribution in [-0.2, 0) is 0 Å². The van der Waals surface area contributed by atoms with E-state index in [1.807, 2.05) is 83.3 Å². The smallest absolute Gasteiger partial charge is 0.0701 e. The van der Waals surface area contributed by atoms with Gasteiger partial charge in [0, 0.05) is 45.5 Å². The van der Waals surface area contributed by atoms with Gasteiger partial charge in [-0.2, -0.15) is 0 Å². The van der Waals surface area contributed by atoms with Gasteiger partial charge < -0.3 is 9.13 Å². The van der Waals surface area contributed by atoms with Gasteiger partial charge in [-0.25, -0.2) is 0 Å². The van der Waals surface area contributed by atoms with Crippen molar-refractivity contribution in [3.05, 3.63) is 212 Å². The quantitative estimate of drug-likeness (QED) is 0.130. The van der Waals surface area contributed by atoms with Gasteiger partial charge in [0.25, 0.3) is 0 Å². The second-order valence-electron chi connectivity index (χ2n) is 13.3. The summed E-state index contributed by atoms with van der Waals surface area (Å²) in [7, 11) is 0. The first kappa shape index (κ1) is 41.5.